The van der Waals surface area contributed by atoms with Crippen molar-refractivity contribution in [1.82, 2.24) is 5.43 Å². The predicted molar refractivity (Wildman–Crippen MR) is 121 cm³/mol. The van der Waals surface area contributed by atoms with Gasteiger partial charge in [0.2, 0.25) is 0 Å². The van der Waals surface area contributed by atoms with Crippen LogP contribution in [0.15, 0.2) is 47.6 Å². The number of rotatable bonds is 7. The summed E-state index contributed by atoms with van der Waals surface area (Å²) in [5, 5.41) is 4.80. The van der Waals surface area contributed by atoms with E-state index in [9.17, 15) is 4.79 Å². The molecule has 2 rings (SSSR count). The van der Waals surface area contributed by atoms with Crippen LogP contribution < -0.4 is 10.2 Å². The molecule has 0 spiro atoms. The van der Waals surface area contributed by atoms with Gasteiger partial charge in [-0.15, -0.1) is 0 Å². The number of amides is 1. The van der Waals surface area contributed by atoms with Crippen LogP contribution in [0, 0.1) is 5.41 Å². The molecule has 0 saturated heterocycles. The van der Waals surface area contributed by atoms with E-state index >= 15 is 0 Å². The summed E-state index contributed by atoms with van der Waals surface area (Å²) >= 11 is 12.1. The number of carbonyl (C=O) groups is 1. The molecular weight excluding hydrogens is 407 g/mol. The van der Waals surface area contributed by atoms with E-state index in [-0.39, 0.29) is 23.3 Å². The molecule has 0 radical (unpaired) electrons. The van der Waals surface area contributed by atoms with Gasteiger partial charge in [-0.3, -0.25) is 4.79 Å². The van der Waals surface area contributed by atoms with Gasteiger partial charge < -0.3 is 4.74 Å². The van der Waals surface area contributed by atoms with E-state index in [2.05, 4.69) is 57.3 Å². The first kappa shape index (κ1) is 23.2. The third-order valence-electron chi connectivity index (χ3n) is 4.36. The fourth-order valence-corrected chi connectivity index (χ4v) is 3.91. The lowest BCUT2D eigenvalue weighted by atomic mass is 9.72. The molecule has 0 fully saturated rings. The van der Waals surface area contributed by atoms with E-state index in [0.29, 0.717) is 21.4 Å². The molecule has 0 aliphatic rings. The first-order chi connectivity index (χ1) is 13.5. The zero-order valence-electron chi connectivity index (χ0n) is 17.6. The van der Waals surface area contributed by atoms with Gasteiger partial charge in [-0.25, -0.2) is 5.43 Å². The second kappa shape index (κ2) is 9.64. The molecule has 2 aromatic rings. The first-order valence-corrected chi connectivity index (χ1v) is 10.2. The third kappa shape index (κ3) is 7.37. The maximum atomic E-state index is 11.9. The summed E-state index contributed by atoms with van der Waals surface area (Å²) in [6.07, 6.45) is 2.48. The van der Waals surface area contributed by atoms with Crippen molar-refractivity contribution >= 4 is 35.3 Å². The molecule has 0 aliphatic carbocycles. The van der Waals surface area contributed by atoms with Crippen molar-refractivity contribution in [2.75, 3.05) is 6.61 Å². The topological polar surface area (TPSA) is 50.7 Å². The Balaban J connectivity index is 1.88. The number of carbonyl (C=O) groups excluding carboxylic acids is 1. The van der Waals surface area contributed by atoms with Crippen molar-refractivity contribution in [2.24, 2.45) is 10.5 Å². The van der Waals surface area contributed by atoms with E-state index in [4.69, 9.17) is 27.9 Å². The minimum atomic E-state index is -0.374. The number of nitrogens with zero attached hydrogens (tertiary/aromatic N) is 1. The highest BCUT2D eigenvalue weighted by atomic mass is 35.5. The Labute approximate surface area is 183 Å². The quantitative estimate of drug-likeness (QED) is 0.414. The summed E-state index contributed by atoms with van der Waals surface area (Å²) in [5.41, 5.74) is 4.49. The Morgan fingerprint density at radius 2 is 1.62 bits per heavy atom. The zero-order chi connectivity index (χ0) is 21.7. The Morgan fingerprint density at radius 1 is 1.03 bits per heavy atom. The van der Waals surface area contributed by atoms with E-state index < -0.39 is 0 Å². The standard InChI is InChI=1S/C23H28Cl2N2O2/c1-22(2,3)15-23(4,5)16-9-11-17(12-10-16)29-14-21(28)27-26-13-18-19(24)7-6-8-20(18)25/h6-13H,14-15H2,1-5H3,(H,27,28)/b26-13-. The summed E-state index contributed by atoms with van der Waals surface area (Å²) in [4.78, 5) is 11.9. The van der Waals surface area contributed by atoms with E-state index in [0.717, 1.165) is 6.42 Å². The largest absolute Gasteiger partial charge is 0.484 e. The van der Waals surface area contributed by atoms with Gasteiger partial charge in [-0.05, 0) is 47.1 Å². The summed E-state index contributed by atoms with van der Waals surface area (Å²) < 4.78 is 5.55. The van der Waals surface area contributed by atoms with E-state index in [1.165, 1.54) is 11.8 Å². The van der Waals surface area contributed by atoms with Crippen molar-refractivity contribution in [3.8, 4) is 5.75 Å². The number of benzene rings is 2. The second-order valence-electron chi connectivity index (χ2n) is 8.86. The van der Waals surface area contributed by atoms with Crippen LogP contribution in [0.1, 0.15) is 52.2 Å². The molecule has 0 atom stereocenters. The summed E-state index contributed by atoms with van der Waals surface area (Å²) in [6, 6.07) is 13.0. The lowest BCUT2D eigenvalue weighted by molar-refractivity contribution is -0.123. The summed E-state index contributed by atoms with van der Waals surface area (Å²) in [7, 11) is 0. The van der Waals surface area contributed by atoms with Crippen LogP contribution in [0.25, 0.3) is 0 Å². The molecule has 4 nitrogen and oxygen atoms in total. The van der Waals surface area contributed by atoms with Gasteiger partial charge in [0.15, 0.2) is 6.61 Å². The van der Waals surface area contributed by atoms with Crippen molar-refractivity contribution < 1.29 is 9.53 Å². The number of hydrogen-bond donors (Lipinski definition) is 1. The molecule has 0 bridgehead atoms. The second-order valence-corrected chi connectivity index (χ2v) is 9.68. The third-order valence-corrected chi connectivity index (χ3v) is 5.02. The minimum absolute atomic E-state index is 0.0584. The summed E-state index contributed by atoms with van der Waals surface area (Å²) in [6.45, 7) is 11.1. The minimum Gasteiger partial charge on any atom is -0.484 e. The molecule has 1 N–H and O–H groups in total. The van der Waals surface area contributed by atoms with Crippen molar-refractivity contribution in [3.63, 3.8) is 0 Å². The summed E-state index contributed by atoms with van der Waals surface area (Å²) in [5.74, 6) is 0.259. The van der Waals surface area contributed by atoms with Crippen LogP contribution in [-0.2, 0) is 10.2 Å². The van der Waals surface area contributed by atoms with Crippen LogP contribution in [0.2, 0.25) is 10.0 Å². The molecule has 0 heterocycles. The van der Waals surface area contributed by atoms with Crippen molar-refractivity contribution in [3.05, 3.63) is 63.6 Å². The Morgan fingerprint density at radius 3 is 2.17 bits per heavy atom. The van der Waals surface area contributed by atoms with Gasteiger partial charge in [0.25, 0.3) is 5.91 Å². The molecule has 0 aliphatic heterocycles. The van der Waals surface area contributed by atoms with Gasteiger partial charge in [-0.1, -0.05) is 76.0 Å². The maximum absolute atomic E-state index is 11.9. The van der Waals surface area contributed by atoms with Crippen LogP contribution in [0.5, 0.6) is 5.75 Å². The van der Waals surface area contributed by atoms with E-state index in [1.807, 2.05) is 12.1 Å². The Kier molecular flexibility index (Phi) is 7.73. The predicted octanol–water partition coefficient (Wildman–Crippen LogP) is 6.24. The van der Waals surface area contributed by atoms with Crippen LogP contribution in [-0.4, -0.2) is 18.7 Å². The van der Waals surface area contributed by atoms with Gasteiger partial charge in [0, 0.05) is 5.56 Å². The fraction of sp³-hybridized carbons (Fsp3) is 0.391. The SMILES string of the molecule is CC(C)(C)CC(C)(C)c1ccc(OCC(=O)N/N=C\c2c(Cl)cccc2Cl)cc1. The maximum Gasteiger partial charge on any atom is 0.277 e. The average molecular weight is 435 g/mol. The number of hydrogen-bond acceptors (Lipinski definition) is 3. The highest BCUT2D eigenvalue weighted by Crippen LogP contribution is 2.36. The average Bonchev–Trinajstić information content (AvgIpc) is 2.61. The number of nitrogens with one attached hydrogen (secondary N) is 1. The lowest BCUT2D eigenvalue weighted by Crippen LogP contribution is -2.25. The number of ether oxygens (including phenoxy) is 1. The van der Waals surface area contributed by atoms with Crippen molar-refractivity contribution in [2.45, 2.75) is 46.5 Å². The molecule has 0 aromatic heterocycles. The van der Waals surface area contributed by atoms with E-state index in [1.54, 1.807) is 18.2 Å². The molecule has 156 valence electrons. The van der Waals surface area contributed by atoms with Gasteiger partial charge in [0.05, 0.1) is 16.3 Å². The highest BCUT2D eigenvalue weighted by molar-refractivity contribution is 6.38. The molecule has 1 amide bonds. The fourth-order valence-electron chi connectivity index (χ4n) is 3.41. The monoisotopic (exact) mass is 434 g/mol. The first-order valence-electron chi connectivity index (χ1n) is 9.47. The Hall–Kier alpha value is -2.04. The van der Waals surface area contributed by atoms with Crippen molar-refractivity contribution in [1.29, 1.82) is 0 Å². The smallest absolute Gasteiger partial charge is 0.277 e. The number of hydrazone groups is 1. The van der Waals surface area contributed by atoms with Gasteiger partial charge in [-0.2, -0.15) is 5.10 Å². The van der Waals surface area contributed by atoms with Gasteiger partial charge >= 0.3 is 0 Å². The Bertz CT molecular complexity index is 849. The molecule has 6 heteroatoms. The number of halogens is 2. The molecule has 2 aromatic carbocycles. The zero-order valence-corrected chi connectivity index (χ0v) is 19.1. The van der Waals surface area contributed by atoms with Gasteiger partial charge in [0.1, 0.15) is 5.75 Å². The van der Waals surface area contributed by atoms with Crippen LogP contribution >= 0.6 is 23.2 Å². The normalized spacial score (nSPS) is 12.2. The molecule has 0 saturated carbocycles. The highest BCUT2D eigenvalue weighted by Gasteiger charge is 2.27. The molecule has 29 heavy (non-hydrogen) atoms. The lowest BCUT2D eigenvalue weighted by Gasteiger charge is -2.33. The van der Waals surface area contributed by atoms with Crippen LogP contribution in [0.3, 0.4) is 0 Å². The molecule has 0 unspecified atom stereocenters. The molecular formula is C23H28Cl2N2O2. The van der Waals surface area contributed by atoms with Crippen LogP contribution in [0.4, 0.5) is 0 Å².